The lowest BCUT2D eigenvalue weighted by molar-refractivity contribution is 0.466. The Kier molecular flexibility index (Phi) is 7.67. The summed E-state index contributed by atoms with van der Waals surface area (Å²) in [7, 11) is 0. The van der Waals surface area contributed by atoms with Gasteiger partial charge < -0.3 is 9.47 Å². The predicted molar refractivity (Wildman–Crippen MR) is 246 cm³/mol. The lowest BCUT2D eigenvalue weighted by Crippen LogP contribution is -2.57. The number of hydrogen-bond acceptors (Lipinski definition) is 2. The van der Waals surface area contributed by atoms with Gasteiger partial charge in [-0.25, -0.2) is 0 Å². The Hall–Kier alpha value is -7.62. The minimum atomic E-state index is -0.0823. The fourth-order valence-corrected chi connectivity index (χ4v) is 9.59. The molecule has 2 aliphatic rings. The summed E-state index contributed by atoms with van der Waals surface area (Å²) in [5.74, 6) is 3.40. The molecule has 0 fully saturated rings. The van der Waals surface area contributed by atoms with Crippen LogP contribution in [0.25, 0.3) is 77.2 Å². The van der Waals surface area contributed by atoms with Crippen LogP contribution in [-0.4, -0.2) is 6.71 Å². The maximum Gasteiger partial charge on any atom is 0.260 e. The average Bonchev–Trinajstić information content (AvgIpc) is 3.31. The molecule has 3 heteroatoms. The summed E-state index contributed by atoms with van der Waals surface area (Å²) in [6.45, 7) is -0.0823. The van der Waals surface area contributed by atoms with E-state index >= 15 is 0 Å². The van der Waals surface area contributed by atoms with Gasteiger partial charge in [0.05, 0.1) is 0 Å². The van der Waals surface area contributed by atoms with E-state index < -0.39 is 0 Å². The van der Waals surface area contributed by atoms with E-state index in [2.05, 4.69) is 212 Å². The molecule has 0 saturated carbocycles. The molecule has 2 heterocycles. The number of benzene rings is 10. The van der Waals surface area contributed by atoms with Crippen LogP contribution in [0.2, 0.25) is 0 Å². The highest BCUT2D eigenvalue weighted by atomic mass is 16.5. The molecule has 10 aromatic carbocycles. The minimum absolute atomic E-state index is 0.0823. The van der Waals surface area contributed by atoms with E-state index in [0.29, 0.717) is 0 Å². The van der Waals surface area contributed by atoms with Gasteiger partial charge in [0, 0.05) is 11.0 Å². The van der Waals surface area contributed by atoms with E-state index in [1.54, 1.807) is 0 Å². The molecular formula is C56H35BO2. The molecule has 0 saturated heterocycles. The quantitative estimate of drug-likeness (QED) is 0.129. The van der Waals surface area contributed by atoms with Crippen molar-refractivity contribution in [2.45, 2.75) is 0 Å². The Morgan fingerprint density at radius 2 is 0.746 bits per heavy atom. The van der Waals surface area contributed by atoms with Gasteiger partial charge in [-0.1, -0.05) is 188 Å². The number of fused-ring (bicyclic) bond motifs is 6. The van der Waals surface area contributed by atoms with Crippen LogP contribution < -0.4 is 25.9 Å². The second kappa shape index (κ2) is 13.5. The zero-order chi connectivity index (χ0) is 38.9. The van der Waals surface area contributed by atoms with Crippen molar-refractivity contribution in [2.24, 2.45) is 0 Å². The predicted octanol–water partition coefficient (Wildman–Crippen LogP) is 13.1. The van der Waals surface area contributed by atoms with E-state index in [1.165, 1.54) is 38.2 Å². The summed E-state index contributed by atoms with van der Waals surface area (Å²) in [5, 5.41) is 4.89. The molecular weight excluding hydrogens is 715 g/mol. The minimum Gasteiger partial charge on any atom is -0.458 e. The maximum atomic E-state index is 7.24. The fourth-order valence-electron chi connectivity index (χ4n) is 9.59. The van der Waals surface area contributed by atoms with Gasteiger partial charge in [-0.2, -0.15) is 0 Å². The Morgan fingerprint density at radius 3 is 1.31 bits per heavy atom. The van der Waals surface area contributed by atoms with Gasteiger partial charge in [0.25, 0.3) is 6.71 Å². The summed E-state index contributed by atoms with van der Waals surface area (Å²) in [5.41, 5.74) is 14.9. The van der Waals surface area contributed by atoms with Crippen LogP contribution in [0, 0.1) is 0 Å². The van der Waals surface area contributed by atoms with Crippen molar-refractivity contribution in [3.05, 3.63) is 212 Å². The number of hydrogen-bond donors (Lipinski definition) is 0. The van der Waals surface area contributed by atoms with Crippen LogP contribution in [0.15, 0.2) is 212 Å². The SMILES string of the molecule is c1ccc(-c2ccc3c(c2)Oc2ccc(-c4ccccc4-c4c5ccccc5c(-c5ccccc5)c5ccccc45)c4c2B3c2ccc(-c3ccccc3)cc2O4)cc1. The van der Waals surface area contributed by atoms with Gasteiger partial charge in [0.1, 0.15) is 23.0 Å². The van der Waals surface area contributed by atoms with E-state index in [9.17, 15) is 0 Å². The Labute approximate surface area is 343 Å². The first-order chi connectivity index (χ1) is 29.3. The van der Waals surface area contributed by atoms with Crippen molar-refractivity contribution in [2.75, 3.05) is 0 Å². The normalized spacial score (nSPS) is 12.3. The van der Waals surface area contributed by atoms with Crippen LogP contribution in [-0.2, 0) is 0 Å². The van der Waals surface area contributed by atoms with Crippen LogP contribution in [0.5, 0.6) is 23.0 Å². The number of rotatable bonds is 5. The molecule has 274 valence electrons. The average molecular weight is 751 g/mol. The smallest absolute Gasteiger partial charge is 0.260 e. The molecule has 0 aromatic heterocycles. The lowest BCUT2D eigenvalue weighted by Gasteiger charge is -2.34. The van der Waals surface area contributed by atoms with E-state index in [4.69, 9.17) is 9.47 Å². The van der Waals surface area contributed by atoms with Gasteiger partial charge in [-0.05, 0) is 107 Å². The summed E-state index contributed by atoms with van der Waals surface area (Å²) < 4.78 is 14.1. The van der Waals surface area contributed by atoms with Gasteiger partial charge in [-0.3, -0.25) is 0 Å². The number of ether oxygens (including phenoxy) is 2. The molecule has 2 nitrogen and oxygen atoms in total. The zero-order valence-electron chi connectivity index (χ0n) is 32.1. The molecule has 0 unspecified atom stereocenters. The summed E-state index contributed by atoms with van der Waals surface area (Å²) in [6.07, 6.45) is 0. The molecule has 0 spiro atoms. The largest absolute Gasteiger partial charge is 0.458 e. The molecule has 0 bridgehead atoms. The monoisotopic (exact) mass is 750 g/mol. The Bertz CT molecular complexity index is 3200. The molecule has 0 N–H and O–H groups in total. The van der Waals surface area contributed by atoms with E-state index in [1.807, 2.05) is 0 Å². The molecule has 0 aliphatic carbocycles. The highest BCUT2D eigenvalue weighted by Gasteiger charge is 2.41. The summed E-state index contributed by atoms with van der Waals surface area (Å²) in [4.78, 5) is 0. The third-order valence-corrected chi connectivity index (χ3v) is 12.2. The summed E-state index contributed by atoms with van der Waals surface area (Å²) in [6, 6.07) is 76.1. The van der Waals surface area contributed by atoms with Crippen LogP contribution in [0.1, 0.15) is 0 Å². The first kappa shape index (κ1) is 33.5. The molecule has 10 aromatic rings. The van der Waals surface area contributed by atoms with Gasteiger partial charge in [-0.15, -0.1) is 0 Å². The summed E-state index contributed by atoms with van der Waals surface area (Å²) >= 11 is 0. The molecule has 0 amide bonds. The van der Waals surface area contributed by atoms with Crippen molar-refractivity contribution >= 4 is 44.6 Å². The van der Waals surface area contributed by atoms with Crippen molar-refractivity contribution in [3.8, 4) is 78.6 Å². The maximum absolute atomic E-state index is 7.24. The lowest BCUT2D eigenvalue weighted by atomic mass is 9.34. The first-order valence-electron chi connectivity index (χ1n) is 20.3. The molecule has 0 radical (unpaired) electrons. The molecule has 2 aliphatic heterocycles. The van der Waals surface area contributed by atoms with Crippen LogP contribution in [0.4, 0.5) is 0 Å². The second-order valence-electron chi connectivity index (χ2n) is 15.5. The van der Waals surface area contributed by atoms with Crippen molar-refractivity contribution in [1.82, 2.24) is 0 Å². The highest BCUT2D eigenvalue weighted by Crippen LogP contribution is 2.49. The standard InChI is InChI=1S/C56H35BO2/c1-4-16-36(17-5-1)39-28-31-48-51(34-39)58-50-33-30-47(56-55(50)57(48)49-32-29-40(35-52(49)59-56)37-18-6-2-7-19-37)41-22-10-11-23-42(41)54-45-26-14-12-24-43(45)53(38-20-8-3-9-21-38)44-25-13-15-27-46(44)54/h1-35H. The van der Waals surface area contributed by atoms with E-state index in [0.717, 1.165) is 78.3 Å². The highest BCUT2D eigenvalue weighted by molar-refractivity contribution is 6.98. The third-order valence-electron chi connectivity index (χ3n) is 12.2. The zero-order valence-corrected chi connectivity index (χ0v) is 32.1. The third kappa shape index (κ3) is 5.36. The molecule has 12 rings (SSSR count). The van der Waals surface area contributed by atoms with Crippen LogP contribution in [0.3, 0.4) is 0 Å². The van der Waals surface area contributed by atoms with Gasteiger partial charge in [0.2, 0.25) is 0 Å². The molecule has 59 heavy (non-hydrogen) atoms. The Balaban J connectivity index is 1.10. The topological polar surface area (TPSA) is 18.5 Å². The second-order valence-corrected chi connectivity index (χ2v) is 15.5. The van der Waals surface area contributed by atoms with Crippen LogP contribution >= 0.6 is 0 Å². The van der Waals surface area contributed by atoms with Crippen molar-refractivity contribution < 1.29 is 9.47 Å². The van der Waals surface area contributed by atoms with Gasteiger partial charge >= 0.3 is 0 Å². The first-order valence-corrected chi connectivity index (χ1v) is 20.3. The Morgan fingerprint density at radius 1 is 0.288 bits per heavy atom. The fraction of sp³-hybridized carbons (Fsp3) is 0. The van der Waals surface area contributed by atoms with E-state index in [-0.39, 0.29) is 6.71 Å². The van der Waals surface area contributed by atoms with Gasteiger partial charge in [0.15, 0.2) is 0 Å². The van der Waals surface area contributed by atoms with Crippen molar-refractivity contribution in [1.29, 1.82) is 0 Å². The molecule has 0 atom stereocenters. The van der Waals surface area contributed by atoms with Crippen molar-refractivity contribution in [3.63, 3.8) is 0 Å².